The lowest BCUT2D eigenvalue weighted by Gasteiger charge is -2.40. The van der Waals surface area contributed by atoms with Gasteiger partial charge in [0.15, 0.2) is 5.78 Å². The van der Waals surface area contributed by atoms with Gasteiger partial charge in [0.25, 0.3) is 0 Å². The molecular formula is C27H25NO3. The third-order valence-corrected chi connectivity index (χ3v) is 6.64. The highest BCUT2D eigenvalue weighted by Crippen LogP contribution is 2.47. The highest BCUT2D eigenvalue weighted by Gasteiger charge is 2.43. The van der Waals surface area contributed by atoms with Crippen LogP contribution in [0.1, 0.15) is 53.5 Å². The Bertz CT molecular complexity index is 1170. The summed E-state index contributed by atoms with van der Waals surface area (Å²) in [6.07, 6.45) is 2.95. The first-order valence-corrected chi connectivity index (χ1v) is 10.8. The minimum absolute atomic E-state index is 0.00455. The molecule has 31 heavy (non-hydrogen) atoms. The lowest BCUT2D eigenvalue weighted by Crippen LogP contribution is -2.41. The number of benzene rings is 2. The van der Waals surface area contributed by atoms with E-state index in [0.717, 1.165) is 28.1 Å². The number of rotatable bonds is 3. The molecule has 0 fully saturated rings. The molecule has 5 rings (SSSR count). The van der Waals surface area contributed by atoms with Gasteiger partial charge in [-0.2, -0.15) is 0 Å². The van der Waals surface area contributed by atoms with Crippen molar-refractivity contribution in [1.29, 1.82) is 0 Å². The second-order valence-electron chi connectivity index (χ2n) is 8.57. The first kappa shape index (κ1) is 19.6. The van der Waals surface area contributed by atoms with Gasteiger partial charge in [-0.25, -0.2) is 0 Å². The van der Waals surface area contributed by atoms with E-state index in [-0.39, 0.29) is 29.9 Å². The molecule has 1 amide bonds. The molecule has 0 N–H and O–H groups in total. The number of carbonyl (C=O) groups excluding carboxylic acids is 2. The molecule has 2 aliphatic rings. The summed E-state index contributed by atoms with van der Waals surface area (Å²) in [6.45, 7) is 4.11. The summed E-state index contributed by atoms with van der Waals surface area (Å²) < 4.78 is 5.65. The van der Waals surface area contributed by atoms with Gasteiger partial charge in [0.1, 0.15) is 5.76 Å². The van der Waals surface area contributed by atoms with Crippen LogP contribution in [-0.4, -0.2) is 11.7 Å². The maximum atomic E-state index is 13.5. The maximum Gasteiger partial charge on any atom is 0.232 e. The van der Waals surface area contributed by atoms with Crippen molar-refractivity contribution >= 4 is 17.4 Å². The first-order chi connectivity index (χ1) is 15.0. The molecule has 0 spiro atoms. The van der Waals surface area contributed by atoms with E-state index in [1.807, 2.05) is 55.5 Å². The third kappa shape index (κ3) is 3.42. The van der Waals surface area contributed by atoms with Gasteiger partial charge >= 0.3 is 0 Å². The van der Waals surface area contributed by atoms with E-state index in [1.165, 1.54) is 5.56 Å². The Balaban J connectivity index is 1.66. The minimum atomic E-state index is -0.315. The van der Waals surface area contributed by atoms with Crippen LogP contribution in [0.15, 0.2) is 82.6 Å². The molecule has 0 radical (unpaired) electrons. The number of allylic oxidation sites excluding steroid dienone is 2. The number of nitrogens with zero attached hydrogens (tertiary/aromatic N) is 1. The minimum Gasteiger partial charge on any atom is -0.469 e. The number of furan rings is 1. The Morgan fingerprint density at radius 2 is 1.68 bits per heavy atom. The van der Waals surface area contributed by atoms with Crippen molar-refractivity contribution in [1.82, 2.24) is 0 Å². The summed E-state index contributed by atoms with van der Waals surface area (Å²) in [4.78, 5) is 28.7. The lowest BCUT2D eigenvalue weighted by atomic mass is 9.74. The molecule has 1 aliphatic heterocycles. The summed E-state index contributed by atoms with van der Waals surface area (Å²) in [5.74, 6) is 0.545. The average Bonchev–Trinajstić information content (AvgIpc) is 3.30. The van der Waals surface area contributed by atoms with Gasteiger partial charge in [0.2, 0.25) is 5.91 Å². The Hall–Kier alpha value is -3.40. The van der Waals surface area contributed by atoms with Crippen molar-refractivity contribution in [2.45, 2.75) is 44.9 Å². The predicted octanol–water partition coefficient (Wildman–Crippen LogP) is 5.82. The van der Waals surface area contributed by atoms with Crippen LogP contribution in [0.3, 0.4) is 0 Å². The monoisotopic (exact) mass is 411 g/mol. The van der Waals surface area contributed by atoms with Crippen molar-refractivity contribution in [3.63, 3.8) is 0 Å². The van der Waals surface area contributed by atoms with Crippen molar-refractivity contribution in [2.75, 3.05) is 4.90 Å². The Morgan fingerprint density at radius 3 is 2.39 bits per heavy atom. The lowest BCUT2D eigenvalue weighted by molar-refractivity contribution is -0.120. The zero-order valence-electron chi connectivity index (χ0n) is 17.8. The van der Waals surface area contributed by atoms with Crippen LogP contribution < -0.4 is 4.90 Å². The van der Waals surface area contributed by atoms with Crippen LogP contribution in [0.2, 0.25) is 0 Å². The first-order valence-electron chi connectivity index (χ1n) is 10.8. The number of hydrogen-bond acceptors (Lipinski definition) is 3. The third-order valence-electron chi connectivity index (χ3n) is 6.64. The highest BCUT2D eigenvalue weighted by atomic mass is 16.3. The fourth-order valence-corrected chi connectivity index (χ4v) is 4.89. The van der Waals surface area contributed by atoms with Crippen LogP contribution in [0, 0.1) is 13.8 Å². The number of Topliss-reactive ketones (excluding diaryl/α,β-unsaturated/α-hetero) is 1. The Labute approximate surface area is 182 Å². The molecular weight excluding hydrogens is 386 g/mol. The van der Waals surface area contributed by atoms with E-state index >= 15 is 0 Å². The zero-order valence-corrected chi connectivity index (χ0v) is 17.8. The second kappa shape index (κ2) is 7.69. The smallest absolute Gasteiger partial charge is 0.232 e. The molecule has 0 bridgehead atoms. The number of amides is 1. The fourth-order valence-electron chi connectivity index (χ4n) is 4.89. The Morgan fingerprint density at radius 1 is 0.871 bits per heavy atom. The van der Waals surface area contributed by atoms with Gasteiger partial charge in [-0.3, -0.25) is 14.5 Å². The fraction of sp³-hybridized carbons (Fsp3) is 0.259. The number of carbonyl (C=O) groups is 2. The highest BCUT2D eigenvalue weighted by molar-refractivity contribution is 6.07. The van der Waals surface area contributed by atoms with E-state index < -0.39 is 0 Å². The van der Waals surface area contributed by atoms with Crippen molar-refractivity contribution in [2.24, 2.45) is 0 Å². The number of aryl methyl sites for hydroxylation is 2. The van der Waals surface area contributed by atoms with Gasteiger partial charge in [-0.05, 0) is 67.1 Å². The van der Waals surface area contributed by atoms with Crippen LogP contribution in [0.4, 0.5) is 5.69 Å². The molecule has 1 aromatic heterocycles. The van der Waals surface area contributed by atoms with Crippen molar-refractivity contribution < 1.29 is 14.0 Å². The van der Waals surface area contributed by atoms with Gasteiger partial charge in [0, 0.05) is 29.8 Å². The molecule has 156 valence electrons. The number of anilines is 1. The van der Waals surface area contributed by atoms with E-state index in [9.17, 15) is 9.59 Å². The molecule has 0 saturated heterocycles. The van der Waals surface area contributed by atoms with Gasteiger partial charge in [0.05, 0.1) is 12.2 Å². The van der Waals surface area contributed by atoms with E-state index in [2.05, 4.69) is 19.1 Å². The summed E-state index contributed by atoms with van der Waals surface area (Å²) in [6, 6.07) is 19.9. The summed E-state index contributed by atoms with van der Waals surface area (Å²) in [5.41, 5.74) is 5.83. The van der Waals surface area contributed by atoms with Gasteiger partial charge < -0.3 is 4.42 Å². The van der Waals surface area contributed by atoms with Crippen LogP contribution in [0.25, 0.3) is 0 Å². The molecule has 4 nitrogen and oxygen atoms in total. The van der Waals surface area contributed by atoms with E-state index in [1.54, 1.807) is 11.2 Å². The second-order valence-corrected chi connectivity index (χ2v) is 8.57. The van der Waals surface area contributed by atoms with E-state index in [4.69, 9.17) is 4.42 Å². The number of hydrogen-bond donors (Lipinski definition) is 0. The van der Waals surface area contributed by atoms with Crippen LogP contribution in [0.5, 0.6) is 0 Å². The number of ketones is 1. The molecule has 2 unspecified atom stereocenters. The zero-order chi connectivity index (χ0) is 21.5. The molecule has 4 heteroatoms. The quantitative estimate of drug-likeness (QED) is 0.546. The summed E-state index contributed by atoms with van der Waals surface area (Å²) in [7, 11) is 0. The molecule has 0 saturated carbocycles. The molecule has 2 heterocycles. The molecule has 2 aromatic carbocycles. The maximum absolute atomic E-state index is 13.5. The van der Waals surface area contributed by atoms with E-state index in [0.29, 0.717) is 18.6 Å². The largest absolute Gasteiger partial charge is 0.469 e. The standard InChI is InChI=1S/C27H25NO3/c1-17-10-11-21(13-18(17)2)28-23-14-20(19-7-4-3-5-8-19)15-24(29)27(23)22(16-26(28)30)25-9-6-12-31-25/h3-13,20,22H,14-16H2,1-2H3. The molecule has 3 aromatic rings. The van der Waals surface area contributed by atoms with Gasteiger partial charge in [-0.1, -0.05) is 36.4 Å². The molecule has 2 atom stereocenters. The van der Waals surface area contributed by atoms with Crippen LogP contribution in [-0.2, 0) is 9.59 Å². The average molecular weight is 412 g/mol. The van der Waals surface area contributed by atoms with Gasteiger partial charge in [-0.15, -0.1) is 0 Å². The SMILES string of the molecule is Cc1ccc(N2C(=O)CC(c3ccco3)C3=C2CC(c2ccccc2)CC3=O)cc1C. The molecule has 1 aliphatic carbocycles. The Kier molecular flexibility index (Phi) is 4.85. The normalized spacial score (nSPS) is 21.4. The predicted molar refractivity (Wildman–Crippen MR) is 120 cm³/mol. The summed E-state index contributed by atoms with van der Waals surface area (Å²) >= 11 is 0. The van der Waals surface area contributed by atoms with Crippen LogP contribution >= 0.6 is 0 Å². The van der Waals surface area contributed by atoms with Crippen molar-refractivity contribution in [3.05, 3.63) is 101 Å². The van der Waals surface area contributed by atoms with Crippen molar-refractivity contribution in [3.8, 4) is 0 Å². The summed E-state index contributed by atoms with van der Waals surface area (Å²) in [5, 5.41) is 0. The topological polar surface area (TPSA) is 50.5 Å².